The third-order valence-corrected chi connectivity index (χ3v) is 4.99. The summed E-state index contributed by atoms with van der Waals surface area (Å²) in [7, 11) is 1.52. The van der Waals surface area contributed by atoms with Crippen molar-refractivity contribution < 1.29 is 24.2 Å². The molecule has 2 aromatic rings. The van der Waals surface area contributed by atoms with Crippen LogP contribution in [-0.4, -0.2) is 48.1 Å². The number of hydrogen-bond acceptors (Lipinski definition) is 5. The lowest BCUT2D eigenvalue weighted by atomic mass is 9.95. The van der Waals surface area contributed by atoms with Crippen molar-refractivity contribution in [2.75, 3.05) is 20.3 Å². The molecule has 1 amide bonds. The first-order valence-electron chi connectivity index (χ1n) is 9.63. The molecule has 3 rings (SSSR count). The number of halogens is 1. The molecule has 158 valence electrons. The van der Waals surface area contributed by atoms with Crippen molar-refractivity contribution >= 4 is 29.1 Å². The molecular weight excluding hydrogens is 406 g/mol. The number of rotatable bonds is 7. The molecule has 1 aliphatic rings. The van der Waals surface area contributed by atoms with E-state index < -0.39 is 17.7 Å². The Bertz CT molecular complexity index is 968. The van der Waals surface area contributed by atoms with Crippen molar-refractivity contribution in [1.29, 1.82) is 0 Å². The van der Waals surface area contributed by atoms with Crippen LogP contribution in [0.1, 0.15) is 31.0 Å². The fourth-order valence-corrected chi connectivity index (χ4v) is 3.57. The van der Waals surface area contributed by atoms with E-state index in [0.29, 0.717) is 21.9 Å². The third kappa shape index (κ3) is 4.50. The number of aliphatic hydroxyl groups excluding tert-OH is 1. The molecular formula is C23H24ClNO5. The standard InChI is InChI=1S/C23H24ClNO5/c1-14(2)30-18-6-4-5-16(13-18)20-19(21(26)15-7-9-17(24)10-8-15)22(27)23(28)25(20)11-12-29-3/h4-10,13-14,20,26H,11-12H2,1-3H3/b21-19-. The second-order valence-corrected chi connectivity index (χ2v) is 7.67. The van der Waals surface area contributed by atoms with Gasteiger partial charge in [0.15, 0.2) is 0 Å². The van der Waals surface area contributed by atoms with Crippen LogP contribution in [0, 0.1) is 0 Å². The van der Waals surface area contributed by atoms with Gasteiger partial charge in [-0.05, 0) is 55.8 Å². The van der Waals surface area contributed by atoms with Crippen molar-refractivity contribution in [2.24, 2.45) is 0 Å². The van der Waals surface area contributed by atoms with Crippen molar-refractivity contribution in [3.63, 3.8) is 0 Å². The maximum absolute atomic E-state index is 12.9. The summed E-state index contributed by atoms with van der Waals surface area (Å²) in [5.41, 5.74) is 1.10. The molecule has 0 saturated carbocycles. The SMILES string of the molecule is COCCN1C(=O)C(=O)/C(=C(\O)c2ccc(Cl)cc2)C1c1cccc(OC(C)C)c1. The van der Waals surface area contributed by atoms with Crippen LogP contribution in [-0.2, 0) is 14.3 Å². The van der Waals surface area contributed by atoms with E-state index in [2.05, 4.69) is 0 Å². The largest absolute Gasteiger partial charge is 0.507 e. The molecule has 30 heavy (non-hydrogen) atoms. The molecule has 0 aromatic heterocycles. The first-order valence-corrected chi connectivity index (χ1v) is 10.0. The zero-order chi connectivity index (χ0) is 21.8. The lowest BCUT2D eigenvalue weighted by Crippen LogP contribution is -2.32. The summed E-state index contributed by atoms with van der Waals surface area (Å²) in [6.07, 6.45) is -0.0332. The summed E-state index contributed by atoms with van der Waals surface area (Å²) in [5, 5.41) is 11.5. The van der Waals surface area contributed by atoms with E-state index in [1.807, 2.05) is 19.9 Å². The number of Topliss-reactive ketones (excluding diaryl/α,β-unsaturated/α-hetero) is 1. The van der Waals surface area contributed by atoms with Crippen molar-refractivity contribution in [1.82, 2.24) is 4.90 Å². The zero-order valence-electron chi connectivity index (χ0n) is 17.1. The van der Waals surface area contributed by atoms with Gasteiger partial charge in [0.1, 0.15) is 11.5 Å². The van der Waals surface area contributed by atoms with E-state index in [1.54, 1.807) is 42.5 Å². The lowest BCUT2D eigenvalue weighted by Gasteiger charge is -2.25. The minimum absolute atomic E-state index is 0.0279. The van der Waals surface area contributed by atoms with Crippen LogP contribution in [0.4, 0.5) is 0 Å². The molecule has 6 nitrogen and oxygen atoms in total. The van der Waals surface area contributed by atoms with E-state index in [0.717, 1.165) is 0 Å². The van der Waals surface area contributed by atoms with Crippen molar-refractivity contribution in [3.8, 4) is 5.75 Å². The number of likely N-dealkylation sites (tertiary alicyclic amines) is 1. The van der Waals surface area contributed by atoms with E-state index in [-0.39, 0.29) is 30.6 Å². The second-order valence-electron chi connectivity index (χ2n) is 7.23. The number of hydrogen-bond donors (Lipinski definition) is 1. The van der Waals surface area contributed by atoms with Gasteiger partial charge in [0, 0.05) is 24.2 Å². The average molecular weight is 430 g/mol. The van der Waals surface area contributed by atoms with Gasteiger partial charge in [-0.1, -0.05) is 23.7 Å². The predicted molar refractivity (Wildman–Crippen MR) is 115 cm³/mol. The summed E-state index contributed by atoms with van der Waals surface area (Å²) in [6, 6.07) is 12.9. The maximum Gasteiger partial charge on any atom is 0.295 e. The van der Waals surface area contributed by atoms with Crippen LogP contribution in [0.15, 0.2) is 54.1 Å². The van der Waals surface area contributed by atoms with E-state index in [4.69, 9.17) is 21.1 Å². The van der Waals surface area contributed by atoms with Gasteiger partial charge in [-0.3, -0.25) is 9.59 Å². The number of carbonyl (C=O) groups excluding carboxylic acids is 2. The molecule has 1 heterocycles. The van der Waals surface area contributed by atoms with Crippen LogP contribution < -0.4 is 4.74 Å². The molecule has 0 radical (unpaired) electrons. The van der Waals surface area contributed by atoms with Gasteiger partial charge < -0.3 is 19.5 Å². The van der Waals surface area contributed by atoms with Gasteiger partial charge in [0.25, 0.3) is 11.7 Å². The highest BCUT2D eigenvalue weighted by Crippen LogP contribution is 2.40. The molecule has 1 saturated heterocycles. The summed E-state index contributed by atoms with van der Waals surface area (Å²) in [5.74, 6) is -1.04. The van der Waals surface area contributed by atoms with Crippen LogP contribution in [0.3, 0.4) is 0 Å². The molecule has 2 aromatic carbocycles. The highest BCUT2D eigenvalue weighted by Gasteiger charge is 2.46. The Balaban J connectivity index is 2.14. The van der Waals surface area contributed by atoms with E-state index >= 15 is 0 Å². The van der Waals surface area contributed by atoms with Crippen molar-refractivity contribution in [3.05, 3.63) is 70.3 Å². The van der Waals surface area contributed by atoms with Gasteiger partial charge in [0.05, 0.1) is 24.3 Å². The quantitative estimate of drug-likeness (QED) is 0.405. The maximum atomic E-state index is 12.9. The second kappa shape index (κ2) is 9.32. The number of ketones is 1. The molecule has 1 atom stereocenters. The molecule has 1 aliphatic heterocycles. The van der Waals surface area contributed by atoms with Crippen LogP contribution in [0.2, 0.25) is 5.02 Å². The fraction of sp³-hybridized carbons (Fsp3) is 0.304. The number of carbonyl (C=O) groups is 2. The number of nitrogens with zero attached hydrogens (tertiary/aromatic N) is 1. The van der Waals surface area contributed by atoms with Gasteiger partial charge in [-0.15, -0.1) is 0 Å². The Kier molecular flexibility index (Phi) is 6.80. The molecule has 1 unspecified atom stereocenters. The number of methoxy groups -OCH3 is 1. The first kappa shape index (κ1) is 21.9. The van der Waals surface area contributed by atoms with E-state index in [9.17, 15) is 14.7 Å². The minimum atomic E-state index is -0.758. The number of aliphatic hydroxyl groups is 1. The molecule has 0 bridgehead atoms. The van der Waals surface area contributed by atoms with Gasteiger partial charge >= 0.3 is 0 Å². The Morgan fingerprint density at radius 2 is 1.87 bits per heavy atom. The molecule has 0 aliphatic carbocycles. The number of benzene rings is 2. The predicted octanol–water partition coefficient (Wildman–Crippen LogP) is 4.20. The average Bonchev–Trinajstić information content (AvgIpc) is 2.96. The summed E-state index contributed by atoms with van der Waals surface area (Å²) in [6.45, 7) is 4.29. The van der Waals surface area contributed by atoms with Gasteiger partial charge in [-0.2, -0.15) is 0 Å². The highest BCUT2D eigenvalue weighted by molar-refractivity contribution is 6.46. The topological polar surface area (TPSA) is 76.1 Å². The Morgan fingerprint density at radius 3 is 2.50 bits per heavy atom. The van der Waals surface area contributed by atoms with E-state index in [1.165, 1.54) is 12.0 Å². The molecule has 0 spiro atoms. The lowest BCUT2D eigenvalue weighted by molar-refractivity contribution is -0.140. The van der Waals surface area contributed by atoms with Crippen LogP contribution in [0.25, 0.3) is 5.76 Å². The Hall–Kier alpha value is -2.83. The number of amides is 1. The van der Waals surface area contributed by atoms with Crippen molar-refractivity contribution in [2.45, 2.75) is 26.0 Å². The van der Waals surface area contributed by atoms with Crippen LogP contribution in [0.5, 0.6) is 5.75 Å². The summed E-state index contributed by atoms with van der Waals surface area (Å²) >= 11 is 5.94. The van der Waals surface area contributed by atoms with Crippen LogP contribution >= 0.6 is 11.6 Å². The van der Waals surface area contributed by atoms with Gasteiger partial charge in [-0.25, -0.2) is 0 Å². The van der Waals surface area contributed by atoms with Gasteiger partial charge in [0.2, 0.25) is 0 Å². The molecule has 1 fully saturated rings. The first-order chi connectivity index (χ1) is 14.3. The molecule has 7 heteroatoms. The summed E-state index contributed by atoms with van der Waals surface area (Å²) < 4.78 is 10.9. The normalized spacial score (nSPS) is 18.3. The Labute approximate surface area is 180 Å². The third-order valence-electron chi connectivity index (χ3n) is 4.74. The smallest absolute Gasteiger partial charge is 0.295 e. The fourth-order valence-electron chi connectivity index (χ4n) is 3.44. The minimum Gasteiger partial charge on any atom is -0.507 e. The number of ether oxygens (including phenoxy) is 2. The highest BCUT2D eigenvalue weighted by atomic mass is 35.5. The molecule has 1 N–H and O–H groups in total. The zero-order valence-corrected chi connectivity index (χ0v) is 17.8. The summed E-state index contributed by atoms with van der Waals surface area (Å²) in [4.78, 5) is 27.1. The monoisotopic (exact) mass is 429 g/mol. The Morgan fingerprint density at radius 1 is 1.17 bits per heavy atom.